The number of hydrogen-bond donors (Lipinski definition) is 1. The molecule has 0 radical (unpaired) electrons. The van der Waals surface area contributed by atoms with Gasteiger partial charge in [0, 0.05) is 36.4 Å². The van der Waals surface area contributed by atoms with Crippen LogP contribution in [0.4, 0.5) is 0 Å². The van der Waals surface area contributed by atoms with Crippen LogP contribution in [-0.4, -0.2) is 32.4 Å². The van der Waals surface area contributed by atoms with Crippen LogP contribution in [0.25, 0.3) is 0 Å². The van der Waals surface area contributed by atoms with Crippen LogP contribution in [0, 0.1) is 0 Å². The van der Waals surface area contributed by atoms with E-state index in [0.717, 1.165) is 17.8 Å². The van der Waals surface area contributed by atoms with E-state index in [-0.39, 0.29) is 0 Å². The van der Waals surface area contributed by atoms with Crippen LogP contribution in [0.5, 0.6) is 0 Å². The van der Waals surface area contributed by atoms with Gasteiger partial charge in [0.1, 0.15) is 0 Å². The maximum absolute atomic E-state index is 12.2. The fourth-order valence-corrected chi connectivity index (χ4v) is 3.98. The molecule has 0 fully saturated rings. The van der Waals surface area contributed by atoms with E-state index in [1.165, 1.54) is 15.6 Å². The summed E-state index contributed by atoms with van der Waals surface area (Å²) in [7, 11) is -1.68. The van der Waals surface area contributed by atoms with Gasteiger partial charge < -0.3 is 5.32 Å². The van der Waals surface area contributed by atoms with E-state index in [9.17, 15) is 8.42 Å². The number of nitrogens with zero attached hydrogens (tertiary/aromatic N) is 1. The molecule has 1 heterocycles. The molecular weight excluding hydrogens is 268 g/mol. The molecule has 1 aromatic heterocycles. The first-order chi connectivity index (χ1) is 8.37. The Labute approximate surface area is 114 Å². The second-order valence-corrected chi connectivity index (χ2v) is 7.65. The van der Waals surface area contributed by atoms with Gasteiger partial charge in [-0.25, -0.2) is 12.7 Å². The van der Waals surface area contributed by atoms with Crippen molar-refractivity contribution in [2.45, 2.75) is 44.7 Å². The molecule has 1 aromatic rings. The Hall–Kier alpha value is -0.430. The Morgan fingerprint density at radius 3 is 2.67 bits per heavy atom. The standard InChI is InChI=1S/C12H22N2O2S2/c1-5-6-14(4)18(15,16)12-7-11(17-9-12)8-13-10(2)3/h7,9-10,13H,5-6,8H2,1-4H3. The smallest absolute Gasteiger partial charge is 0.243 e. The monoisotopic (exact) mass is 290 g/mol. The van der Waals surface area contributed by atoms with Gasteiger partial charge in [-0.1, -0.05) is 20.8 Å². The van der Waals surface area contributed by atoms with Crippen molar-refractivity contribution in [2.24, 2.45) is 0 Å². The summed E-state index contributed by atoms with van der Waals surface area (Å²) < 4.78 is 25.8. The SMILES string of the molecule is CCCN(C)S(=O)(=O)c1csc(CNC(C)C)c1. The van der Waals surface area contributed by atoms with Gasteiger partial charge in [0.05, 0.1) is 4.90 Å². The van der Waals surface area contributed by atoms with Crippen molar-refractivity contribution >= 4 is 21.4 Å². The Morgan fingerprint density at radius 2 is 2.11 bits per heavy atom. The lowest BCUT2D eigenvalue weighted by molar-refractivity contribution is 0.468. The summed E-state index contributed by atoms with van der Waals surface area (Å²) >= 11 is 1.49. The van der Waals surface area contributed by atoms with Gasteiger partial charge in [0.2, 0.25) is 10.0 Å². The summed E-state index contributed by atoms with van der Waals surface area (Å²) in [6, 6.07) is 2.16. The van der Waals surface area contributed by atoms with E-state index in [4.69, 9.17) is 0 Å². The topological polar surface area (TPSA) is 49.4 Å². The molecule has 0 aliphatic carbocycles. The van der Waals surface area contributed by atoms with Crippen LogP contribution in [0.2, 0.25) is 0 Å². The van der Waals surface area contributed by atoms with Gasteiger partial charge in [-0.15, -0.1) is 11.3 Å². The normalized spacial score (nSPS) is 12.6. The van der Waals surface area contributed by atoms with Crippen LogP contribution in [-0.2, 0) is 16.6 Å². The summed E-state index contributed by atoms with van der Waals surface area (Å²) in [6.45, 7) is 7.38. The van der Waals surface area contributed by atoms with Crippen LogP contribution >= 0.6 is 11.3 Å². The largest absolute Gasteiger partial charge is 0.310 e. The molecule has 1 N–H and O–H groups in total. The third-order valence-electron chi connectivity index (χ3n) is 2.56. The first-order valence-electron chi connectivity index (χ1n) is 6.15. The van der Waals surface area contributed by atoms with E-state index in [0.29, 0.717) is 17.5 Å². The molecule has 104 valence electrons. The van der Waals surface area contributed by atoms with E-state index in [1.54, 1.807) is 18.5 Å². The Morgan fingerprint density at radius 1 is 1.44 bits per heavy atom. The van der Waals surface area contributed by atoms with E-state index < -0.39 is 10.0 Å². The highest BCUT2D eigenvalue weighted by Crippen LogP contribution is 2.22. The fraction of sp³-hybridized carbons (Fsp3) is 0.667. The average molecular weight is 290 g/mol. The predicted octanol–water partition coefficient (Wildman–Crippen LogP) is 2.28. The van der Waals surface area contributed by atoms with Gasteiger partial charge in [0.25, 0.3) is 0 Å². The average Bonchev–Trinajstić information content (AvgIpc) is 2.75. The van der Waals surface area contributed by atoms with Crippen molar-refractivity contribution in [1.82, 2.24) is 9.62 Å². The molecule has 0 aliphatic heterocycles. The predicted molar refractivity (Wildman–Crippen MR) is 76.4 cm³/mol. The summed E-state index contributed by atoms with van der Waals surface area (Å²) in [5, 5.41) is 5.00. The summed E-state index contributed by atoms with van der Waals surface area (Å²) in [5.41, 5.74) is 0. The van der Waals surface area contributed by atoms with Crippen molar-refractivity contribution in [3.05, 3.63) is 16.3 Å². The zero-order valence-electron chi connectivity index (χ0n) is 11.4. The molecular formula is C12H22N2O2S2. The molecule has 4 nitrogen and oxygen atoms in total. The number of hydrogen-bond acceptors (Lipinski definition) is 4. The highest BCUT2D eigenvalue weighted by atomic mass is 32.2. The molecule has 1 rings (SSSR count). The Kier molecular flexibility index (Phi) is 5.78. The molecule has 0 atom stereocenters. The minimum absolute atomic E-state index is 0.398. The quantitative estimate of drug-likeness (QED) is 0.838. The minimum atomic E-state index is -3.30. The molecule has 0 saturated carbocycles. The molecule has 0 amide bonds. The number of thiophene rings is 1. The van der Waals surface area contributed by atoms with Crippen molar-refractivity contribution in [3.8, 4) is 0 Å². The molecule has 0 aliphatic rings. The molecule has 0 bridgehead atoms. The maximum Gasteiger partial charge on any atom is 0.243 e. The van der Waals surface area contributed by atoms with Gasteiger partial charge >= 0.3 is 0 Å². The van der Waals surface area contributed by atoms with Gasteiger partial charge in [0.15, 0.2) is 0 Å². The molecule has 0 saturated heterocycles. The van der Waals surface area contributed by atoms with Crippen LogP contribution in [0.15, 0.2) is 16.3 Å². The highest BCUT2D eigenvalue weighted by molar-refractivity contribution is 7.89. The van der Waals surface area contributed by atoms with Crippen LogP contribution in [0.3, 0.4) is 0 Å². The second kappa shape index (κ2) is 6.65. The summed E-state index contributed by atoms with van der Waals surface area (Å²) in [4.78, 5) is 1.45. The third kappa shape index (κ3) is 4.05. The molecule has 0 unspecified atom stereocenters. The van der Waals surface area contributed by atoms with Gasteiger partial charge in [-0.05, 0) is 12.5 Å². The summed E-state index contributed by atoms with van der Waals surface area (Å²) in [6.07, 6.45) is 0.821. The van der Waals surface area contributed by atoms with Crippen molar-refractivity contribution in [3.63, 3.8) is 0 Å². The molecule has 0 aromatic carbocycles. The molecule has 6 heteroatoms. The lowest BCUT2D eigenvalue weighted by Gasteiger charge is -2.14. The van der Waals surface area contributed by atoms with Gasteiger partial charge in [-0.3, -0.25) is 0 Å². The zero-order valence-corrected chi connectivity index (χ0v) is 13.1. The Balaban J connectivity index is 2.78. The summed E-state index contributed by atoms with van der Waals surface area (Å²) in [5.74, 6) is 0. The maximum atomic E-state index is 12.2. The lowest BCUT2D eigenvalue weighted by atomic mass is 10.4. The van der Waals surface area contributed by atoms with Gasteiger partial charge in [-0.2, -0.15) is 0 Å². The lowest BCUT2D eigenvalue weighted by Crippen LogP contribution is -2.27. The third-order valence-corrected chi connectivity index (χ3v) is 5.48. The highest BCUT2D eigenvalue weighted by Gasteiger charge is 2.21. The number of nitrogens with one attached hydrogen (secondary N) is 1. The first-order valence-corrected chi connectivity index (χ1v) is 8.47. The molecule has 0 spiro atoms. The minimum Gasteiger partial charge on any atom is -0.310 e. The van der Waals surface area contributed by atoms with E-state index in [2.05, 4.69) is 19.2 Å². The van der Waals surface area contributed by atoms with Crippen molar-refractivity contribution in [2.75, 3.05) is 13.6 Å². The number of rotatable bonds is 7. The van der Waals surface area contributed by atoms with Crippen LogP contribution in [0.1, 0.15) is 32.1 Å². The van der Waals surface area contributed by atoms with Crippen molar-refractivity contribution in [1.29, 1.82) is 0 Å². The first kappa shape index (κ1) is 15.6. The second-order valence-electron chi connectivity index (χ2n) is 4.61. The number of sulfonamides is 1. The molecule has 18 heavy (non-hydrogen) atoms. The van der Waals surface area contributed by atoms with Crippen molar-refractivity contribution < 1.29 is 8.42 Å². The zero-order chi connectivity index (χ0) is 13.8. The fourth-order valence-electron chi connectivity index (χ4n) is 1.51. The Bertz CT molecular complexity index is 466. The van der Waals surface area contributed by atoms with E-state index >= 15 is 0 Å². The van der Waals surface area contributed by atoms with E-state index in [1.807, 2.05) is 6.92 Å². The van der Waals surface area contributed by atoms with Crippen LogP contribution < -0.4 is 5.32 Å².